The van der Waals surface area contributed by atoms with Crippen LogP contribution in [-0.4, -0.2) is 18.0 Å². The number of pyridine rings is 2. The first kappa shape index (κ1) is 29.5. The van der Waals surface area contributed by atoms with Gasteiger partial charge in [0.15, 0.2) is 0 Å². The van der Waals surface area contributed by atoms with Gasteiger partial charge in [0.2, 0.25) is 0 Å². The first-order valence-electron chi connectivity index (χ1n) is 14.2. The molecule has 0 N–H and O–H groups in total. The molecule has 3 aromatic carbocycles. The molecule has 0 atom stereocenters. The van der Waals surface area contributed by atoms with E-state index in [1.54, 1.807) is 11.4 Å². The predicted octanol–water partition coefficient (Wildman–Crippen LogP) is 9.67. The zero-order valence-corrected chi connectivity index (χ0v) is 28.0. The van der Waals surface area contributed by atoms with Gasteiger partial charge in [-0.3, -0.25) is 0 Å². The van der Waals surface area contributed by atoms with Crippen molar-refractivity contribution in [3.05, 3.63) is 115 Å². The summed E-state index contributed by atoms with van der Waals surface area (Å²) in [7, 11) is -1.42. The second-order valence-corrected chi connectivity index (χ2v) is 17.7. The second-order valence-electron chi connectivity index (χ2n) is 11.6. The van der Waals surface area contributed by atoms with Crippen molar-refractivity contribution in [1.29, 1.82) is 0 Å². The van der Waals surface area contributed by atoms with Gasteiger partial charge in [0.25, 0.3) is 0 Å². The number of nitrogens with zero attached hydrogens (tertiary/aromatic N) is 2. The summed E-state index contributed by atoms with van der Waals surface area (Å²) in [6.07, 6.45) is 9.26. The smallest absolute Gasteiger partial charge is 0.0783 e. The molecule has 0 spiro atoms. The molecule has 1 saturated carbocycles. The van der Waals surface area contributed by atoms with E-state index in [9.17, 15) is 0 Å². The topological polar surface area (TPSA) is 25.8 Å². The summed E-state index contributed by atoms with van der Waals surface area (Å²) >= 11 is 1.89. The Bertz CT molecular complexity index is 1680. The van der Waals surface area contributed by atoms with Gasteiger partial charge in [-0.2, -0.15) is 11.3 Å². The van der Waals surface area contributed by atoms with E-state index in [2.05, 4.69) is 85.4 Å². The Morgan fingerprint density at radius 2 is 1.61 bits per heavy atom. The van der Waals surface area contributed by atoms with Gasteiger partial charge in [0.1, 0.15) is 0 Å². The summed E-state index contributed by atoms with van der Waals surface area (Å²) in [5.74, 6) is 0.713. The number of rotatable bonds is 4. The van der Waals surface area contributed by atoms with E-state index in [1.807, 2.05) is 53.8 Å². The standard InChI is InChI=1S/C25H26NSSi.C11H8N.Ir/c1-28(2,3)23-13-7-12-22-24(23)20-11-6-10-19(25(20)27-22)21-15-14-18(16-26-21)17-8-4-5-9-17;1-2-6-10(7-3-1)11-8-4-5-9-12-11;/h6-7,11-17H,4-5,8-9H2,1-3H3;1-6,8-9H;/q2*-1;. The molecule has 3 aromatic heterocycles. The Morgan fingerprint density at radius 1 is 0.780 bits per heavy atom. The van der Waals surface area contributed by atoms with Crippen LogP contribution in [0.25, 0.3) is 42.7 Å². The summed E-state index contributed by atoms with van der Waals surface area (Å²) in [4.78, 5) is 9.09. The van der Waals surface area contributed by atoms with E-state index in [0.717, 1.165) is 22.5 Å². The van der Waals surface area contributed by atoms with Crippen LogP contribution in [0.3, 0.4) is 0 Å². The van der Waals surface area contributed by atoms with Crippen LogP contribution in [0.15, 0.2) is 97.3 Å². The second kappa shape index (κ2) is 12.9. The SMILES string of the molecule is C[Si](C)(C)c1cccc2sc3c(-c4ccc(C5CCCC5)cn4)[c-]ccc3c12.[Ir].[c-]1ccccc1-c1ccccn1. The van der Waals surface area contributed by atoms with E-state index in [4.69, 9.17) is 4.98 Å². The quantitative estimate of drug-likeness (QED) is 0.133. The van der Waals surface area contributed by atoms with Crippen LogP contribution in [0.5, 0.6) is 0 Å². The van der Waals surface area contributed by atoms with Crippen LogP contribution in [0, 0.1) is 12.1 Å². The maximum Gasteiger partial charge on any atom is 0.0783 e. The molecule has 0 aliphatic heterocycles. The minimum atomic E-state index is -1.42. The summed E-state index contributed by atoms with van der Waals surface area (Å²) in [6.45, 7) is 7.31. The molecule has 6 aromatic rings. The number of hydrogen-bond donors (Lipinski definition) is 0. The van der Waals surface area contributed by atoms with Crippen LogP contribution in [0.2, 0.25) is 19.6 Å². The average molecular weight is 747 g/mol. The van der Waals surface area contributed by atoms with Gasteiger partial charge >= 0.3 is 0 Å². The van der Waals surface area contributed by atoms with Gasteiger partial charge in [-0.25, -0.2) is 0 Å². The van der Waals surface area contributed by atoms with Crippen molar-refractivity contribution in [3.8, 4) is 22.5 Å². The Kier molecular flexibility index (Phi) is 9.30. The molecule has 41 heavy (non-hydrogen) atoms. The van der Waals surface area contributed by atoms with E-state index in [1.165, 1.54) is 51.4 Å². The molecule has 0 unspecified atom stereocenters. The molecule has 1 aliphatic carbocycles. The zero-order valence-electron chi connectivity index (χ0n) is 23.8. The summed E-state index contributed by atoms with van der Waals surface area (Å²) in [6, 6.07) is 36.0. The summed E-state index contributed by atoms with van der Waals surface area (Å²) < 4.78 is 2.71. The fraction of sp³-hybridized carbons (Fsp3) is 0.222. The molecule has 2 nitrogen and oxygen atoms in total. The van der Waals surface area contributed by atoms with Crippen molar-refractivity contribution in [1.82, 2.24) is 9.97 Å². The van der Waals surface area contributed by atoms with E-state index in [0.29, 0.717) is 5.92 Å². The van der Waals surface area contributed by atoms with Crippen molar-refractivity contribution in [3.63, 3.8) is 0 Å². The van der Waals surface area contributed by atoms with Crippen LogP contribution in [0.1, 0.15) is 37.2 Å². The van der Waals surface area contributed by atoms with Crippen molar-refractivity contribution in [2.45, 2.75) is 51.2 Å². The first-order chi connectivity index (χ1) is 19.5. The number of thiophene rings is 1. The molecule has 3 heterocycles. The van der Waals surface area contributed by atoms with Crippen molar-refractivity contribution >= 4 is 44.8 Å². The van der Waals surface area contributed by atoms with Crippen LogP contribution in [-0.2, 0) is 20.1 Å². The molecule has 1 fully saturated rings. The molecule has 0 saturated heterocycles. The Labute approximate surface area is 262 Å². The fourth-order valence-electron chi connectivity index (χ4n) is 5.73. The molecule has 7 rings (SSSR count). The van der Waals surface area contributed by atoms with Crippen LogP contribution in [0.4, 0.5) is 0 Å². The molecular weight excluding hydrogens is 713 g/mol. The van der Waals surface area contributed by atoms with Gasteiger partial charge < -0.3 is 9.97 Å². The first-order valence-corrected chi connectivity index (χ1v) is 18.5. The number of fused-ring (bicyclic) bond motifs is 3. The summed E-state index contributed by atoms with van der Waals surface area (Å²) in [5.41, 5.74) is 5.62. The van der Waals surface area contributed by atoms with E-state index >= 15 is 0 Å². The van der Waals surface area contributed by atoms with Crippen molar-refractivity contribution in [2.24, 2.45) is 0 Å². The maximum atomic E-state index is 4.87. The van der Waals surface area contributed by atoms with Crippen LogP contribution < -0.4 is 5.19 Å². The molecule has 0 bridgehead atoms. The normalized spacial score (nSPS) is 13.5. The van der Waals surface area contributed by atoms with Gasteiger partial charge in [0.05, 0.1) is 8.07 Å². The average Bonchev–Trinajstić information content (AvgIpc) is 3.67. The minimum Gasteiger partial charge on any atom is -0.305 e. The molecule has 0 amide bonds. The molecule has 209 valence electrons. The van der Waals surface area contributed by atoms with Gasteiger partial charge in [-0.05, 0) is 57.9 Å². The van der Waals surface area contributed by atoms with Crippen molar-refractivity contribution < 1.29 is 20.1 Å². The maximum absolute atomic E-state index is 4.87. The van der Waals surface area contributed by atoms with Gasteiger partial charge in [-0.1, -0.05) is 79.5 Å². The third-order valence-electron chi connectivity index (χ3n) is 7.78. The van der Waals surface area contributed by atoms with E-state index < -0.39 is 8.07 Å². The monoisotopic (exact) mass is 747 g/mol. The van der Waals surface area contributed by atoms with Crippen molar-refractivity contribution in [2.75, 3.05) is 0 Å². The third kappa shape index (κ3) is 6.44. The Balaban J connectivity index is 0.000000218. The van der Waals surface area contributed by atoms with Gasteiger partial charge in [0, 0.05) is 37.2 Å². The molecule has 1 radical (unpaired) electrons. The van der Waals surface area contributed by atoms with E-state index in [-0.39, 0.29) is 20.1 Å². The fourth-order valence-corrected chi connectivity index (χ4v) is 8.68. The third-order valence-corrected chi connectivity index (χ3v) is 11.0. The number of aromatic nitrogens is 2. The van der Waals surface area contributed by atoms with Gasteiger partial charge in [-0.15, -0.1) is 59.7 Å². The minimum absolute atomic E-state index is 0. The molecule has 5 heteroatoms. The molecule has 1 aliphatic rings. The molecular formula is C36H34IrN2SSi-2. The zero-order chi connectivity index (χ0) is 27.5. The Hall–Kier alpha value is -2.95. The number of hydrogen-bond acceptors (Lipinski definition) is 3. The number of benzene rings is 3. The Morgan fingerprint density at radius 3 is 2.29 bits per heavy atom. The largest absolute Gasteiger partial charge is 0.305 e. The van der Waals surface area contributed by atoms with Crippen LogP contribution >= 0.6 is 11.3 Å². The predicted molar refractivity (Wildman–Crippen MR) is 174 cm³/mol. The summed E-state index contributed by atoms with van der Waals surface area (Å²) in [5, 5.41) is 4.38.